The molecule has 0 bridgehead atoms. The van der Waals surface area contributed by atoms with Crippen molar-refractivity contribution in [2.75, 3.05) is 0 Å². The van der Waals surface area contributed by atoms with Crippen molar-refractivity contribution in [3.05, 3.63) is 73.6 Å². The first-order chi connectivity index (χ1) is 12.3. The summed E-state index contributed by atoms with van der Waals surface area (Å²) < 4.78 is 0. The standard InChI is InChI=1S/C17H11ClN2O5S/c18-12-4-1-10(2-5-12)9-19-16(22)15(26-17(19)23)8-11-3-6-14(21)13(7-11)20(24)25/h1-8,21H,9H2/p-1/b15-8-. The van der Waals surface area contributed by atoms with E-state index in [0.29, 0.717) is 10.6 Å². The SMILES string of the molecule is O=C1S/C(=C\c2ccc([O-])c([N+](=O)[O-])c2)C(=O)N1Cc1ccc(Cl)cc1. The summed E-state index contributed by atoms with van der Waals surface area (Å²) in [5.41, 5.74) is 0.455. The van der Waals surface area contributed by atoms with E-state index in [9.17, 15) is 24.8 Å². The zero-order valence-corrected chi connectivity index (χ0v) is 14.6. The van der Waals surface area contributed by atoms with Gasteiger partial charge in [-0.25, -0.2) is 0 Å². The molecule has 2 aromatic carbocycles. The largest absolute Gasteiger partial charge is 0.868 e. The number of thioether (sulfide) groups is 1. The van der Waals surface area contributed by atoms with Crippen molar-refractivity contribution in [1.29, 1.82) is 0 Å². The van der Waals surface area contributed by atoms with Crippen LogP contribution in [0.2, 0.25) is 5.02 Å². The molecule has 2 aromatic rings. The summed E-state index contributed by atoms with van der Waals surface area (Å²) in [6, 6.07) is 10.3. The van der Waals surface area contributed by atoms with Gasteiger partial charge in [-0.3, -0.25) is 24.6 Å². The van der Waals surface area contributed by atoms with Gasteiger partial charge < -0.3 is 5.11 Å². The van der Waals surface area contributed by atoms with Gasteiger partial charge in [-0.2, -0.15) is 0 Å². The average Bonchev–Trinajstić information content (AvgIpc) is 2.85. The van der Waals surface area contributed by atoms with Crippen LogP contribution in [-0.2, 0) is 11.3 Å². The maximum Gasteiger partial charge on any atom is 0.293 e. The molecule has 2 amide bonds. The topological polar surface area (TPSA) is 104 Å². The lowest BCUT2D eigenvalue weighted by Crippen LogP contribution is -2.27. The van der Waals surface area contributed by atoms with Crippen molar-refractivity contribution in [2.24, 2.45) is 0 Å². The Morgan fingerprint density at radius 3 is 2.50 bits per heavy atom. The number of carbonyl (C=O) groups is 2. The maximum absolute atomic E-state index is 12.5. The molecule has 26 heavy (non-hydrogen) atoms. The first-order valence-corrected chi connectivity index (χ1v) is 8.50. The number of hydrogen-bond acceptors (Lipinski definition) is 6. The van der Waals surface area contributed by atoms with Gasteiger partial charge in [-0.1, -0.05) is 35.9 Å². The molecule has 9 heteroatoms. The van der Waals surface area contributed by atoms with Crippen LogP contribution in [0.15, 0.2) is 47.4 Å². The minimum atomic E-state index is -0.786. The molecular weight excluding hydrogens is 380 g/mol. The Hall–Kier alpha value is -2.84. The van der Waals surface area contributed by atoms with Crippen LogP contribution in [0.1, 0.15) is 11.1 Å². The van der Waals surface area contributed by atoms with Crippen molar-refractivity contribution in [3.63, 3.8) is 0 Å². The van der Waals surface area contributed by atoms with E-state index in [2.05, 4.69) is 0 Å². The number of rotatable bonds is 4. The second kappa shape index (κ2) is 7.19. The summed E-state index contributed by atoms with van der Waals surface area (Å²) in [6.07, 6.45) is 1.36. The number of hydrogen-bond donors (Lipinski definition) is 0. The first-order valence-electron chi connectivity index (χ1n) is 7.30. The predicted molar refractivity (Wildman–Crippen MR) is 95.5 cm³/mol. The van der Waals surface area contributed by atoms with Crippen LogP contribution >= 0.6 is 23.4 Å². The normalized spacial score (nSPS) is 15.7. The second-order valence-electron chi connectivity index (χ2n) is 5.38. The lowest BCUT2D eigenvalue weighted by Gasteiger charge is -2.12. The van der Waals surface area contributed by atoms with Crippen LogP contribution in [0.5, 0.6) is 5.75 Å². The first kappa shape index (κ1) is 18.0. The highest BCUT2D eigenvalue weighted by Gasteiger charge is 2.35. The molecule has 0 radical (unpaired) electrons. The summed E-state index contributed by atoms with van der Waals surface area (Å²) in [7, 11) is 0. The van der Waals surface area contributed by atoms with Crippen LogP contribution in [0, 0.1) is 10.1 Å². The van der Waals surface area contributed by atoms with Gasteiger partial charge in [0.15, 0.2) is 0 Å². The van der Waals surface area contributed by atoms with E-state index in [1.54, 1.807) is 24.3 Å². The Morgan fingerprint density at radius 2 is 1.85 bits per heavy atom. The molecule has 3 rings (SSSR count). The zero-order chi connectivity index (χ0) is 18.8. The van der Waals surface area contributed by atoms with Crippen molar-refractivity contribution >= 4 is 46.3 Å². The van der Waals surface area contributed by atoms with E-state index in [-0.39, 0.29) is 11.4 Å². The number of imide groups is 1. The fourth-order valence-electron chi connectivity index (χ4n) is 2.33. The van der Waals surface area contributed by atoms with E-state index < -0.39 is 27.5 Å². The molecule has 1 heterocycles. The fourth-order valence-corrected chi connectivity index (χ4v) is 3.29. The third-order valence-electron chi connectivity index (χ3n) is 3.60. The lowest BCUT2D eigenvalue weighted by molar-refractivity contribution is -0.398. The Bertz CT molecular complexity index is 943. The number of nitro benzene ring substituents is 1. The molecule has 1 saturated heterocycles. The van der Waals surface area contributed by atoms with E-state index in [1.807, 2.05) is 0 Å². The molecule has 0 saturated carbocycles. The van der Waals surface area contributed by atoms with Gasteiger partial charge in [0.05, 0.1) is 16.4 Å². The van der Waals surface area contributed by atoms with Gasteiger partial charge in [0.1, 0.15) is 0 Å². The molecule has 0 aliphatic carbocycles. The Balaban J connectivity index is 1.84. The van der Waals surface area contributed by atoms with Gasteiger partial charge >= 0.3 is 0 Å². The zero-order valence-electron chi connectivity index (χ0n) is 13.0. The van der Waals surface area contributed by atoms with Crippen molar-refractivity contribution in [2.45, 2.75) is 6.54 Å². The Morgan fingerprint density at radius 1 is 1.15 bits per heavy atom. The lowest BCUT2D eigenvalue weighted by atomic mass is 10.1. The molecule has 0 aromatic heterocycles. The number of halogens is 1. The third-order valence-corrected chi connectivity index (χ3v) is 4.76. The Kier molecular flexibility index (Phi) is 4.97. The summed E-state index contributed by atoms with van der Waals surface area (Å²) >= 11 is 6.56. The summed E-state index contributed by atoms with van der Waals surface area (Å²) in [4.78, 5) is 35.9. The molecule has 0 N–H and O–H groups in total. The quantitative estimate of drug-likeness (QED) is 0.450. The highest BCUT2D eigenvalue weighted by atomic mass is 35.5. The predicted octanol–water partition coefficient (Wildman–Crippen LogP) is 3.56. The second-order valence-corrected chi connectivity index (χ2v) is 6.81. The summed E-state index contributed by atoms with van der Waals surface area (Å²) in [5.74, 6) is -1.22. The maximum atomic E-state index is 12.5. The number of amides is 2. The molecule has 1 aliphatic rings. The van der Waals surface area contributed by atoms with Gasteiger partial charge in [-0.15, -0.1) is 0 Å². The highest BCUT2D eigenvalue weighted by Crippen LogP contribution is 2.34. The van der Waals surface area contributed by atoms with Crippen LogP contribution in [0.4, 0.5) is 10.5 Å². The highest BCUT2D eigenvalue weighted by molar-refractivity contribution is 8.18. The number of benzene rings is 2. The number of carbonyl (C=O) groups excluding carboxylic acids is 2. The van der Waals surface area contributed by atoms with Crippen molar-refractivity contribution in [3.8, 4) is 5.75 Å². The molecule has 7 nitrogen and oxygen atoms in total. The van der Waals surface area contributed by atoms with Crippen LogP contribution in [0.25, 0.3) is 6.08 Å². The smallest absolute Gasteiger partial charge is 0.293 e. The van der Waals surface area contributed by atoms with Crippen molar-refractivity contribution in [1.82, 2.24) is 4.90 Å². The Labute approximate surface area is 157 Å². The van der Waals surface area contributed by atoms with Gasteiger partial charge in [0, 0.05) is 11.1 Å². The third kappa shape index (κ3) is 3.71. The monoisotopic (exact) mass is 389 g/mol. The molecule has 1 fully saturated rings. The fraction of sp³-hybridized carbons (Fsp3) is 0.0588. The summed E-state index contributed by atoms with van der Waals surface area (Å²) in [6.45, 7) is 0.0961. The molecule has 132 valence electrons. The summed E-state index contributed by atoms with van der Waals surface area (Å²) in [5, 5.41) is 22.4. The van der Waals surface area contributed by atoms with Crippen molar-refractivity contribution < 1.29 is 19.6 Å². The minimum Gasteiger partial charge on any atom is -0.868 e. The van der Waals surface area contributed by atoms with Crippen LogP contribution in [-0.4, -0.2) is 21.0 Å². The molecule has 0 unspecified atom stereocenters. The van der Waals surface area contributed by atoms with Gasteiger partial charge in [-0.05, 0) is 46.8 Å². The molecule has 0 spiro atoms. The number of nitro groups is 1. The molecular formula is C17H10ClN2O5S-. The average molecular weight is 390 g/mol. The van der Waals surface area contributed by atoms with Crippen LogP contribution in [0.3, 0.4) is 0 Å². The van der Waals surface area contributed by atoms with Gasteiger partial charge in [0.2, 0.25) is 0 Å². The molecule has 1 aliphatic heterocycles. The van der Waals surface area contributed by atoms with Gasteiger partial charge in [0.25, 0.3) is 16.8 Å². The minimum absolute atomic E-state index is 0.0961. The van der Waals surface area contributed by atoms with E-state index >= 15 is 0 Å². The van der Waals surface area contributed by atoms with E-state index in [0.717, 1.165) is 34.4 Å². The van der Waals surface area contributed by atoms with E-state index in [4.69, 9.17) is 11.6 Å². The van der Waals surface area contributed by atoms with E-state index in [1.165, 1.54) is 12.1 Å². The molecule has 0 atom stereocenters. The van der Waals surface area contributed by atoms with Crippen LogP contribution < -0.4 is 5.11 Å². The number of nitrogens with zero attached hydrogens (tertiary/aromatic N) is 2.